The molecule has 1 heterocycles. The van der Waals surface area contributed by atoms with Crippen LogP contribution in [0.2, 0.25) is 0 Å². The lowest BCUT2D eigenvalue weighted by Crippen LogP contribution is -2.46. The van der Waals surface area contributed by atoms with Gasteiger partial charge in [0.25, 0.3) is 0 Å². The molecule has 3 atom stereocenters. The van der Waals surface area contributed by atoms with Gasteiger partial charge in [-0.25, -0.2) is 0 Å². The number of piperidine rings is 1. The molecule has 4 heteroatoms. The number of carbonyl (C=O) groups is 1. The molecule has 0 spiro atoms. The zero-order valence-electron chi connectivity index (χ0n) is 13.5. The maximum Gasteiger partial charge on any atom is 0.224 e. The summed E-state index contributed by atoms with van der Waals surface area (Å²) in [6.07, 6.45) is 2.80. The van der Waals surface area contributed by atoms with Crippen LogP contribution in [0.4, 0.5) is 0 Å². The van der Waals surface area contributed by atoms with E-state index in [1.54, 1.807) is 7.11 Å². The third-order valence-electron chi connectivity index (χ3n) is 5.07. The third kappa shape index (κ3) is 3.50. The summed E-state index contributed by atoms with van der Waals surface area (Å²) in [6, 6.07) is 9.21. The number of ether oxygens (including phenoxy) is 1. The third-order valence-corrected chi connectivity index (χ3v) is 5.07. The summed E-state index contributed by atoms with van der Waals surface area (Å²) in [4.78, 5) is 14.7. The van der Waals surface area contributed by atoms with E-state index >= 15 is 0 Å². The molecule has 1 amide bonds. The monoisotopic (exact) mass is 302 g/mol. The topological polar surface area (TPSA) is 41.6 Å². The van der Waals surface area contributed by atoms with Crippen molar-refractivity contribution in [2.75, 3.05) is 26.8 Å². The van der Waals surface area contributed by atoms with Crippen molar-refractivity contribution in [1.29, 1.82) is 0 Å². The van der Waals surface area contributed by atoms with E-state index in [-0.39, 0.29) is 5.91 Å². The Labute approximate surface area is 132 Å². The van der Waals surface area contributed by atoms with Crippen molar-refractivity contribution < 1.29 is 9.53 Å². The highest BCUT2D eigenvalue weighted by Crippen LogP contribution is 2.37. The molecule has 2 aliphatic rings. The Morgan fingerprint density at radius 1 is 1.32 bits per heavy atom. The number of likely N-dealkylation sites (tertiary alicyclic amines) is 1. The fraction of sp³-hybridized carbons (Fsp3) is 0.611. The van der Waals surface area contributed by atoms with Crippen LogP contribution in [0.25, 0.3) is 0 Å². The molecule has 1 aliphatic heterocycles. The summed E-state index contributed by atoms with van der Waals surface area (Å²) in [6.45, 7) is 4.98. The molecular weight excluding hydrogens is 276 g/mol. The predicted molar refractivity (Wildman–Crippen MR) is 86.8 cm³/mol. The molecular formula is C18H26N2O2. The van der Waals surface area contributed by atoms with E-state index in [4.69, 9.17) is 4.74 Å². The first-order valence-electron chi connectivity index (χ1n) is 8.23. The van der Waals surface area contributed by atoms with Crippen LogP contribution in [0.1, 0.15) is 24.0 Å². The van der Waals surface area contributed by atoms with Gasteiger partial charge in [0.2, 0.25) is 5.91 Å². The molecule has 120 valence electrons. The molecule has 22 heavy (non-hydrogen) atoms. The largest absolute Gasteiger partial charge is 0.383 e. The number of rotatable bonds is 6. The Morgan fingerprint density at radius 2 is 2.09 bits per heavy atom. The Kier molecular flexibility index (Phi) is 4.79. The van der Waals surface area contributed by atoms with Crippen molar-refractivity contribution in [2.45, 2.75) is 38.3 Å². The van der Waals surface area contributed by atoms with E-state index < -0.39 is 0 Å². The highest BCUT2D eigenvalue weighted by Gasteiger charge is 2.44. The highest BCUT2D eigenvalue weighted by atomic mass is 16.5. The molecule has 0 aromatic heterocycles. The molecule has 1 saturated heterocycles. The van der Waals surface area contributed by atoms with Crippen LogP contribution in [-0.2, 0) is 16.0 Å². The van der Waals surface area contributed by atoms with Gasteiger partial charge in [-0.15, -0.1) is 0 Å². The quantitative estimate of drug-likeness (QED) is 0.871. The Morgan fingerprint density at radius 3 is 2.73 bits per heavy atom. The van der Waals surface area contributed by atoms with Gasteiger partial charge in [0.15, 0.2) is 0 Å². The summed E-state index contributed by atoms with van der Waals surface area (Å²) in [5, 5.41) is 3.25. The summed E-state index contributed by atoms with van der Waals surface area (Å²) < 4.78 is 5.17. The smallest absolute Gasteiger partial charge is 0.224 e. The standard InChI is InChI=1S/C18H26N2O2/c1-13-3-5-14(6-4-13)9-18(21)19-17-11-16-10-15(17)12-20(16)7-8-22-2/h3-6,15-17H,7-12H2,1-2H3,(H,19,21)/t15-,16+,17+/m1/s1. The van der Waals surface area contributed by atoms with Crippen molar-refractivity contribution in [3.05, 3.63) is 35.4 Å². The van der Waals surface area contributed by atoms with Crippen LogP contribution < -0.4 is 5.32 Å². The fourth-order valence-corrected chi connectivity index (χ4v) is 3.85. The van der Waals surface area contributed by atoms with E-state index in [1.165, 1.54) is 12.0 Å². The molecule has 1 aromatic carbocycles. The van der Waals surface area contributed by atoms with Crippen molar-refractivity contribution in [2.24, 2.45) is 5.92 Å². The van der Waals surface area contributed by atoms with E-state index in [1.807, 2.05) is 12.1 Å². The van der Waals surface area contributed by atoms with E-state index in [2.05, 4.69) is 29.3 Å². The number of methoxy groups -OCH3 is 1. The summed E-state index contributed by atoms with van der Waals surface area (Å²) in [5.74, 6) is 0.772. The lowest BCUT2D eigenvalue weighted by atomic mass is 10.0. The zero-order chi connectivity index (χ0) is 15.5. The van der Waals surface area contributed by atoms with Gasteiger partial charge in [-0.2, -0.15) is 0 Å². The molecule has 4 nitrogen and oxygen atoms in total. The van der Waals surface area contributed by atoms with Crippen molar-refractivity contribution in [3.8, 4) is 0 Å². The number of aryl methyl sites for hydroxylation is 1. The van der Waals surface area contributed by atoms with Gasteiger partial charge in [0.1, 0.15) is 0 Å². The minimum absolute atomic E-state index is 0.157. The highest BCUT2D eigenvalue weighted by molar-refractivity contribution is 5.79. The fourth-order valence-electron chi connectivity index (χ4n) is 3.85. The van der Waals surface area contributed by atoms with Gasteiger partial charge in [0, 0.05) is 32.3 Å². The number of hydrogen-bond acceptors (Lipinski definition) is 3. The summed E-state index contributed by atoms with van der Waals surface area (Å²) in [5.41, 5.74) is 2.32. The number of carbonyl (C=O) groups excluding carboxylic acids is 1. The summed E-state index contributed by atoms with van der Waals surface area (Å²) >= 11 is 0. The maximum absolute atomic E-state index is 12.2. The SMILES string of the molecule is COCCN1C[C@H]2C[C@H]1C[C@@H]2NC(=O)Cc1ccc(C)cc1. The van der Waals surface area contributed by atoms with Gasteiger partial charge in [-0.05, 0) is 31.2 Å². The van der Waals surface area contributed by atoms with E-state index in [0.29, 0.717) is 24.4 Å². The number of hydrogen-bond donors (Lipinski definition) is 1. The van der Waals surface area contributed by atoms with Crippen molar-refractivity contribution >= 4 is 5.91 Å². The number of benzene rings is 1. The van der Waals surface area contributed by atoms with Gasteiger partial charge in [0.05, 0.1) is 13.0 Å². The van der Waals surface area contributed by atoms with Gasteiger partial charge in [-0.3, -0.25) is 9.69 Å². The first-order valence-corrected chi connectivity index (χ1v) is 8.23. The molecule has 1 aliphatic carbocycles. The van der Waals surface area contributed by atoms with Crippen LogP contribution in [0.15, 0.2) is 24.3 Å². The molecule has 1 saturated carbocycles. The second kappa shape index (κ2) is 6.80. The lowest BCUT2D eigenvalue weighted by Gasteiger charge is -2.31. The van der Waals surface area contributed by atoms with E-state index in [9.17, 15) is 4.79 Å². The van der Waals surface area contributed by atoms with Crippen LogP contribution in [0.3, 0.4) is 0 Å². The first-order chi connectivity index (χ1) is 10.7. The zero-order valence-corrected chi connectivity index (χ0v) is 13.5. The Hall–Kier alpha value is -1.39. The second-order valence-electron chi connectivity index (χ2n) is 6.71. The first kappa shape index (κ1) is 15.5. The number of nitrogens with one attached hydrogen (secondary N) is 1. The van der Waals surface area contributed by atoms with Crippen LogP contribution in [-0.4, -0.2) is 49.7 Å². The van der Waals surface area contributed by atoms with E-state index in [0.717, 1.165) is 31.7 Å². The normalized spacial score (nSPS) is 27.3. The summed E-state index contributed by atoms with van der Waals surface area (Å²) in [7, 11) is 1.75. The maximum atomic E-state index is 12.2. The molecule has 3 rings (SSSR count). The van der Waals surface area contributed by atoms with Gasteiger partial charge >= 0.3 is 0 Å². The predicted octanol–water partition coefficient (Wildman–Crippen LogP) is 1.76. The molecule has 2 bridgehead atoms. The van der Waals surface area contributed by atoms with Gasteiger partial charge in [-0.1, -0.05) is 29.8 Å². The lowest BCUT2D eigenvalue weighted by molar-refractivity contribution is -0.121. The minimum Gasteiger partial charge on any atom is -0.383 e. The number of fused-ring (bicyclic) bond motifs is 2. The average Bonchev–Trinajstić information content (AvgIpc) is 3.07. The number of amides is 1. The second-order valence-corrected chi connectivity index (χ2v) is 6.71. The van der Waals surface area contributed by atoms with Crippen LogP contribution in [0.5, 0.6) is 0 Å². The minimum atomic E-state index is 0.157. The molecule has 1 aromatic rings. The molecule has 2 fully saturated rings. The Balaban J connectivity index is 1.47. The van der Waals surface area contributed by atoms with Crippen LogP contribution in [0, 0.1) is 12.8 Å². The number of nitrogens with zero attached hydrogens (tertiary/aromatic N) is 1. The molecule has 0 radical (unpaired) electrons. The molecule has 0 unspecified atom stereocenters. The Bertz CT molecular complexity index is 514. The molecule has 1 N–H and O–H groups in total. The van der Waals surface area contributed by atoms with Gasteiger partial charge < -0.3 is 10.1 Å². The average molecular weight is 302 g/mol. The van der Waals surface area contributed by atoms with Crippen molar-refractivity contribution in [3.63, 3.8) is 0 Å². The van der Waals surface area contributed by atoms with Crippen LogP contribution >= 0.6 is 0 Å². The van der Waals surface area contributed by atoms with Crippen molar-refractivity contribution in [1.82, 2.24) is 10.2 Å².